The van der Waals surface area contributed by atoms with E-state index in [1.54, 1.807) is 12.1 Å². The Bertz CT molecular complexity index is 357. The minimum atomic E-state index is -1.07. The van der Waals surface area contributed by atoms with Crippen LogP contribution in [0.3, 0.4) is 0 Å². The SMILES string of the molecule is Cc1ccc([C@@H](N=[N+]=[N-])[C@@H](O)CO)cc1. The van der Waals surface area contributed by atoms with E-state index in [9.17, 15) is 5.11 Å². The standard InChI is InChI=1S/C10H13N3O2/c1-7-2-4-8(5-3-7)10(12-13-11)9(15)6-14/h2-5,9-10,14-15H,6H2,1H3/t9-,10+/m0/s1. The van der Waals surface area contributed by atoms with Gasteiger partial charge in [-0.25, -0.2) is 0 Å². The van der Waals surface area contributed by atoms with Crippen molar-refractivity contribution in [3.05, 3.63) is 45.8 Å². The van der Waals surface area contributed by atoms with Crippen LogP contribution in [0.5, 0.6) is 0 Å². The van der Waals surface area contributed by atoms with Crippen molar-refractivity contribution in [2.75, 3.05) is 6.61 Å². The first kappa shape index (κ1) is 11.5. The van der Waals surface area contributed by atoms with E-state index in [1.807, 2.05) is 19.1 Å². The van der Waals surface area contributed by atoms with Crippen LogP contribution in [0.25, 0.3) is 10.4 Å². The van der Waals surface area contributed by atoms with Crippen molar-refractivity contribution >= 4 is 0 Å². The van der Waals surface area contributed by atoms with Gasteiger partial charge in [0.25, 0.3) is 0 Å². The first-order valence-corrected chi connectivity index (χ1v) is 4.58. The van der Waals surface area contributed by atoms with Gasteiger partial charge in [-0.15, -0.1) is 0 Å². The molecule has 0 amide bonds. The van der Waals surface area contributed by atoms with E-state index in [1.165, 1.54) is 0 Å². The number of aryl methyl sites for hydroxylation is 1. The van der Waals surface area contributed by atoms with E-state index in [0.29, 0.717) is 5.56 Å². The summed E-state index contributed by atoms with van der Waals surface area (Å²) < 4.78 is 0. The van der Waals surface area contributed by atoms with E-state index in [0.717, 1.165) is 5.56 Å². The number of benzene rings is 1. The van der Waals surface area contributed by atoms with Gasteiger partial charge in [-0.3, -0.25) is 0 Å². The molecule has 0 aliphatic rings. The first-order chi connectivity index (χ1) is 7.19. The normalized spacial score (nSPS) is 14.1. The Morgan fingerprint density at radius 2 is 2.00 bits per heavy atom. The van der Waals surface area contributed by atoms with E-state index < -0.39 is 18.8 Å². The van der Waals surface area contributed by atoms with Gasteiger partial charge in [-0.1, -0.05) is 34.9 Å². The third-order valence-electron chi connectivity index (χ3n) is 2.15. The zero-order chi connectivity index (χ0) is 11.3. The number of aliphatic hydroxyl groups is 2. The third-order valence-corrected chi connectivity index (χ3v) is 2.15. The lowest BCUT2D eigenvalue weighted by Gasteiger charge is -2.16. The van der Waals surface area contributed by atoms with Crippen molar-refractivity contribution in [1.82, 2.24) is 0 Å². The van der Waals surface area contributed by atoms with E-state index in [-0.39, 0.29) is 0 Å². The zero-order valence-electron chi connectivity index (χ0n) is 8.41. The Morgan fingerprint density at radius 3 is 2.47 bits per heavy atom. The predicted octanol–water partition coefficient (Wildman–Crippen LogP) is 1.70. The molecule has 5 nitrogen and oxygen atoms in total. The Balaban J connectivity index is 2.98. The molecule has 0 radical (unpaired) electrons. The summed E-state index contributed by atoms with van der Waals surface area (Å²) in [5, 5.41) is 21.7. The average Bonchev–Trinajstić information content (AvgIpc) is 2.26. The molecule has 80 valence electrons. The number of nitrogens with zero attached hydrogens (tertiary/aromatic N) is 3. The minimum Gasteiger partial charge on any atom is -0.394 e. The van der Waals surface area contributed by atoms with Crippen LogP contribution in [0.2, 0.25) is 0 Å². The van der Waals surface area contributed by atoms with Crippen LogP contribution in [-0.2, 0) is 0 Å². The summed E-state index contributed by atoms with van der Waals surface area (Å²) in [5.41, 5.74) is 10.1. The summed E-state index contributed by atoms with van der Waals surface area (Å²) in [6.07, 6.45) is -1.07. The highest BCUT2D eigenvalue weighted by Crippen LogP contribution is 2.21. The van der Waals surface area contributed by atoms with Crippen molar-refractivity contribution in [3.8, 4) is 0 Å². The van der Waals surface area contributed by atoms with Crippen molar-refractivity contribution in [2.45, 2.75) is 19.1 Å². The van der Waals surface area contributed by atoms with Gasteiger partial charge < -0.3 is 10.2 Å². The lowest BCUT2D eigenvalue weighted by atomic mass is 10.0. The van der Waals surface area contributed by atoms with Gasteiger partial charge in [0.15, 0.2) is 0 Å². The Kier molecular flexibility index (Phi) is 4.12. The third kappa shape index (κ3) is 2.95. The van der Waals surface area contributed by atoms with Gasteiger partial charge in [0.05, 0.1) is 18.8 Å². The van der Waals surface area contributed by atoms with Gasteiger partial charge in [0.2, 0.25) is 0 Å². The number of azide groups is 1. The Labute approximate surface area is 87.6 Å². The first-order valence-electron chi connectivity index (χ1n) is 4.58. The molecule has 0 aromatic heterocycles. The van der Waals surface area contributed by atoms with Crippen LogP contribution in [0.1, 0.15) is 17.2 Å². The van der Waals surface area contributed by atoms with Crippen molar-refractivity contribution in [2.24, 2.45) is 5.11 Å². The van der Waals surface area contributed by atoms with Crippen LogP contribution in [0.15, 0.2) is 29.4 Å². The molecule has 15 heavy (non-hydrogen) atoms. The maximum Gasteiger partial charge on any atom is 0.0907 e. The van der Waals surface area contributed by atoms with Gasteiger partial charge in [0.1, 0.15) is 0 Å². The molecule has 0 fully saturated rings. The topological polar surface area (TPSA) is 89.2 Å². The molecule has 0 bridgehead atoms. The second-order valence-corrected chi connectivity index (χ2v) is 3.31. The second-order valence-electron chi connectivity index (χ2n) is 3.31. The maximum absolute atomic E-state index is 9.46. The number of hydrogen-bond acceptors (Lipinski definition) is 3. The quantitative estimate of drug-likeness (QED) is 0.447. The van der Waals surface area contributed by atoms with Crippen LogP contribution >= 0.6 is 0 Å². The molecule has 0 aliphatic carbocycles. The molecule has 1 aromatic rings. The number of aliphatic hydroxyl groups excluding tert-OH is 2. The summed E-state index contributed by atoms with van der Waals surface area (Å²) in [4.78, 5) is 2.66. The highest BCUT2D eigenvalue weighted by molar-refractivity contribution is 5.25. The van der Waals surface area contributed by atoms with E-state index >= 15 is 0 Å². The molecular weight excluding hydrogens is 194 g/mol. The summed E-state index contributed by atoms with van der Waals surface area (Å²) in [5.74, 6) is 0. The Hall–Kier alpha value is -1.55. The van der Waals surface area contributed by atoms with Crippen LogP contribution in [0, 0.1) is 6.92 Å². The van der Waals surface area contributed by atoms with E-state index in [4.69, 9.17) is 10.6 Å². The van der Waals surface area contributed by atoms with Gasteiger partial charge in [-0.2, -0.15) is 0 Å². The minimum absolute atomic E-state index is 0.433. The smallest absolute Gasteiger partial charge is 0.0907 e. The predicted molar refractivity (Wildman–Crippen MR) is 56.2 cm³/mol. The highest BCUT2D eigenvalue weighted by atomic mass is 16.3. The zero-order valence-corrected chi connectivity index (χ0v) is 8.41. The number of rotatable bonds is 4. The molecule has 0 aliphatic heterocycles. The summed E-state index contributed by atoms with van der Waals surface area (Å²) in [6.45, 7) is 1.51. The largest absolute Gasteiger partial charge is 0.394 e. The molecule has 2 atom stereocenters. The van der Waals surface area contributed by atoms with Gasteiger partial charge in [0, 0.05) is 4.91 Å². The molecule has 1 aromatic carbocycles. The fourth-order valence-electron chi connectivity index (χ4n) is 1.28. The Morgan fingerprint density at radius 1 is 1.40 bits per heavy atom. The average molecular weight is 207 g/mol. The molecule has 0 unspecified atom stereocenters. The molecule has 5 heteroatoms. The molecule has 2 N–H and O–H groups in total. The van der Waals surface area contributed by atoms with Crippen LogP contribution in [-0.4, -0.2) is 22.9 Å². The lowest BCUT2D eigenvalue weighted by molar-refractivity contribution is 0.0742. The van der Waals surface area contributed by atoms with Gasteiger partial charge >= 0.3 is 0 Å². The molecule has 0 saturated heterocycles. The van der Waals surface area contributed by atoms with Crippen LogP contribution in [0.4, 0.5) is 0 Å². The summed E-state index contributed by atoms with van der Waals surface area (Å²) in [7, 11) is 0. The van der Waals surface area contributed by atoms with E-state index in [2.05, 4.69) is 10.0 Å². The number of hydrogen-bond donors (Lipinski definition) is 2. The van der Waals surface area contributed by atoms with Gasteiger partial charge in [-0.05, 0) is 18.0 Å². The second kappa shape index (κ2) is 5.36. The molecule has 0 spiro atoms. The highest BCUT2D eigenvalue weighted by Gasteiger charge is 2.18. The lowest BCUT2D eigenvalue weighted by Crippen LogP contribution is -2.20. The van der Waals surface area contributed by atoms with Crippen molar-refractivity contribution < 1.29 is 10.2 Å². The fourth-order valence-corrected chi connectivity index (χ4v) is 1.28. The van der Waals surface area contributed by atoms with Crippen LogP contribution < -0.4 is 0 Å². The molecular formula is C10H13N3O2. The van der Waals surface area contributed by atoms with Crippen molar-refractivity contribution in [3.63, 3.8) is 0 Å². The fraction of sp³-hybridized carbons (Fsp3) is 0.400. The maximum atomic E-state index is 9.46. The molecule has 1 rings (SSSR count). The summed E-state index contributed by atoms with van der Waals surface area (Å²) in [6, 6.07) is 6.53. The van der Waals surface area contributed by atoms with Crippen molar-refractivity contribution in [1.29, 1.82) is 0 Å². The molecule has 0 heterocycles. The molecule has 0 saturated carbocycles. The summed E-state index contributed by atoms with van der Waals surface area (Å²) >= 11 is 0. The monoisotopic (exact) mass is 207 g/mol.